The van der Waals surface area contributed by atoms with Crippen molar-refractivity contribution in [2.45, 2.75) is 29.8 Å². The van der Waals surface area contributed by atoms with Crippen molar-refractivity contribution in [2.24, 2.45) is 11.1 Å². The summed E-state index contributed by atoms with van der Waals surface area (Å²) in [5, 5.41) is 13.4. The van der Waals surface area contributed by atoms with Crippen molar-refractivity contribution in [3.63, 3.8) is 0 Å². The van der Waals surface area contributed by atoms with Gasteiger partial charge in [-0.15, -0.1) is 0 Å². The zero-order chi connectivity index (χ0) is 10.3. The van der Waals surface area contributed by atoms with E-state index in [4.69, 9.17) is 39.6 Å². The van der Waals surface area contributed by atoms with Gasteiger partial charge in [-0.3, -0.25) is 0 Å². The smallest absolute Gasteiger partial charge is 0.287 e. The van der Waals surface area contributed by atoms with Crippen LogP contribution in [-0.4, -0.2) is 20.4 Å². The summed E-state index contributed by atoms with van der Waals surface area (Å²) in [4.78, 5) is 4.73. The Morgan fingerprint density at radius 1 is 1.54 bits per heavy atom. The molecule has 0 aromatic carbocycles. The van der Waals surface area contributed by atoms with E-state index in [9.17, 15) is 5.11 Å². The highest BCUT2D eigenvalue weighted by Crippen LogP contribution is 2.44. The van der Waals surface area contributed by atoms with Crippen LogP contribution >= 0.6 is 34.8 Å². The molecule has 0 aromatic heterocycles. The lowest BCUT2D eigenvalue weighted by molar-refractivity contribution is -0.181. The molecule has 1 heterocycles. The summed E-state index contributed by atoms with van der Waals surface area (Å²) < 4.78 is -1.88. The van der Waals surface area contributed by atoms with E-state index in [1.807, 2.05) is 13.8 Å². The normalized spacial score (nSPS) is 29.0. The van der Waals surface area contributed by atoms with Crippen molar-refractivity contribution >= 4 is 40.5 Å². The van der Waals surface area contributed by atoms with Crippen LogP contribution in [0.1, 0.15) is 20.3 Å². The molecule has 0 aliphatic carbocycles. The number of hydrogen-bond acceptors (Lipinski definition) is 3. The van der Waals surface area contributed by atoms with Crippen LogP contribution in [0.4, 0.5) is 0 Å². The summed E-state index contributed by atoms with van der Waals surface area (Å²) in [5.41, 5.74) is 0.689. The van der Waals surface area contributed by atoms with E-state index in [1.165, 1.54) is 0 Å². The summed E-state index contributed by atoms with van der Waals surface area (Å²) in [6.45, 7) is 3.85. The second kappa shape index (κ2) is 3.46. The molecule has 0 saturated carbocycles. The molecule has 0 amide bonds. The molecular formula is C7H10Cl3NO2. The highest BCUT2D eigenvalue weighted by molar-refractivity contribution is 6.68. The molecule has 1 rings (SSSR count). The molecule has 76 valence electrons. The van der Waals surface area contributed by atoms with E-state index in [2.05, 4.69) is 5.16 Å². The van der Waals surface area contributed by atoms with Crippen LogP contribution in [0, 0.1) is 5.92 Å². The first kappa shape index (κ1) is 11.4. The van der Waals surface area contributed by atoms with E-state index in [0.29, 0.717) is 5.71 Å². The summed E-state index contributed by atoms with van der Waals surface area (Å²) >= 11 is 16.6. The molecule has 1 atom stereocenters. The Balaban J connectivity index is 2.73. The van der Waals surface area contributed by atoms with Crippen LogP contribution < -0.4 is 0 Å². The fraction of sp³-hybridized carbons (Fsp3) is 0.857. The van der Waals surface area contributed by atoms with Crippen molar-refractivity contribution in [1.29, 1.82) is 0 Å². The second-order valence-corrected chi connectivity index (χ2v) is 5.57. The Labute approximate surface area is 91.6 Å². The van der Waals surface area contributed by atoms with Gasteiger partial charge in [0, 0.05) is 0 Å². The molecular weight excluding hydrogens is 236 g/mol. The molecule has 0 saturated heterocycles. The van der Waals surface area contributed by atoms with E-state index < -0.39 is 9.58 Å². The van der Waals surface area contributed by atoms with Crippen LogP contribution in [0.5, 0.6) is 0 Å². The second-order valence-electron chi connectivity index (χ2n) is 3.29. The van der Waals surface area contributed by atoms with Crippen LogP contribution in [-0.2, 0) is 4.84 Å². The molecule has 3 nitrogen and oxygen atoms in total. The van der Waals surface area contributed by atoms with Gasteiger partial charge >= 0.3 is 0 Å². The van der Waals surface area contributed by atoms with E-state index >= 15 is 0 Å². The lowest BCUT2D eigenvalue weighted by atomic mass is 10.0. The predicted molar refractivity (Wildman–Crippen MR) is 53.2 cm³/mol. The van der Waals surface area contributed by atoms with E-state index in [1.54, 1.807) is 0 Å². The molecule has 0 bridgehead atoms. The third-order valence-corrected chi connectivity index (χ3v) is 2.73. The molecule has 1 unspecified atom stereocenters. The van der Waals surface area contributed by atoms with Gasteiger partial charge in [0.15, 0.2) is 0 Å². The number of aliphatic hydroxyl groups is 1. The Morgan fingerprint density at radius 2 is 2.08 bits per heavy atom. The van der Waals surface area contributed by atoms with Crippen molar-refractivity contribution < 1.29 is 9.94 Å². The Hall–Kier alpha value is 0.300. The number of hydrogen-bond donors (Lipinski definition) is 1. The first-order valence-electron chi connectivity index (χ1n) is 3.80. The first-order chi connectivity index (χ1) is 5.76. The van der Waals surface area contributed by atoms with E-state index in [-0.39, 0.29) is 12.3 Å². The third kappa shape index (κ3) is 2.21. The molecule has 1 aliphatic heterocycles. The van der Waals surface area contributed by atoms with Gasteiger partial charge in [-0.25, -0.2) is 0 Å². The summed E-state index contributed by atoms with van der Waals surface area (Å²) in [7, 11) is 0. The monoisotopic (exact) mass is 245 g/mol. The fourth-order valence-electron chi connectivity index (χ4n) is 0.906. The number of rotatable bonds is 1. The predicted octanol–water partition coefficient (Wildman–Crippen LogP) is 2.48. The number of halogens is 3. The molecule has 0 spiro atoms. The molecule has 1 aliphatic rings. The maximum atomic E-state index is 9.71. The van der Waals surface area contributed by atoms with Gasteiger partial charge in [0.25, 0.3) is 9.58 Å². The summed E-state index contributed by atoms with van der Waals surface area (Å²) in [6, 6.07) is 0. The minimum absolute atomic E-state index is 0.126. The highest BCUT2D eigenvalue weighted by atomic mass is 35.6. The van der Waals surface area contributed by atoms with Crippen molar-refractivity contribution in [1.82, 2.24) is 0 Å². The highest BCUT2D eigenvalue weighted by Gasteiger charge is 2.54. The Morgan fingerprint density at radius 3 is 2.31 bits per heavy atom. The number of nitrogens with zero attached hydrogens (tertiary/aromatic N) is 1. The van der Waals surface area contributed by atoms with Crippen molar-refractivity contribution in [3.05, 3.63) is 0 Å². The average molecular weight is 247 g/mol. The van der Waals surface area contributed by atoms with Gasteiger partial charge in [0.1, 0.15) is 0 Å². The SMILES string of the molecule is CC(C)C1=NOC(O)(C(Cl)(Cl)Cl)C1. The van der Waals surface area contributed by atoms with Crippen molar-refractivity contribution in [2.75, 3.05) is 0 Å². The standard InChI is InChI=1S/C7H10Cl3NO2/c1-4(2)5-3-6(12,13-11-5)7(8,9)10/h4,12H,3H2,1-2H3. The van der Waals surface area contributed by atoms with Gasteiger partial charge in [0.2, 0.25) is 0 Å². The molecule has 6 heteroatoms. The molecule has 13 heavy (non-hydrogen) atoms. The number of oxime groups is 1. The van der Waals surface area contributed by atoms with Crippen LogP contribution in [0.2, 0.25) is 0 Å². The van der Waals surface area contributed by atoms with Crippen LogP contribution in [0.15, 0.2) is 5.16 Å². The summed E-state index contributed by atoms with van der Waals surface area (Å²) in [6.07, 6.45) is 0.126. The van der Waals surface area contributed by atoms with E-state index in [0.717, 1.165) is 0 Å². The third-order valence-electron chi connectivity index (χ3n) is 1.84. The van der Waals surface area contributed by atoms with Crippen LogP contribution in [0.25, 0.3) is 0 Å². The topological polar surface area (TPSA) is 41.8 Å². The molecule has 0 aromatic rings. The maximum Gasteiger partial charge on any atom is 0.287 e. The average Bonchev–Trinajstić information content (AvgIpc) is 2.31. The minimum atomic E-state index is -1.88. The quantitative estimate of drug-likeness (QED) is 0.722. The first-order valence-corrected chi connectivity index (χ1v) is 4.94. The number of alkyl halides is 3. The van der Waals surface area contributed by atoms with Crippen LogP contribution in [0.3, 0.4) is 0 Å². The maximum absolute atomic E-state index is 9.71. The largest absolute Gasteiger partial charge is 0.355 e. The van der Waals surface area contributed by atoms with Gasteiger partial charge in [-0.2, -0.15) is 0 Å². The minimum Gasteiger partial charge on any atom is -0.355 e. The Kier molecular flexibility index (Phi) is 3.03. The lowest BCUT2D eigenvalue weighted by Gasteiger charge is -2.27. The lowest BCUT2D eigenvalue weighted by Crippen LogP contribution is -2.43. The van der Waals surface area contributed by atoms with Gasteiger partial charge in [0.05, 0.1) is 12.1 Å². The van der Waals surface area contributed by atoms with Gasteiger partial charge in [-0.1, -0.05) is 53.8 Å². The molecule has 1 N–H and O–H groups in total. The van der Waals surface area contributed by atoms with Gasteiger partial charge in [-0.05, 0) is 5.92 Å². The zero-order valence-electron chi connectivity index (χ0n) is 7.22. The Bertz CT molecular complexity index is 236. The molecule has 0 radical (unpaired) electrons. The van der Waals surface area contributed by atoms with Crippen molar-refractivity contribution in [3.8, 4) is 0 Å². The molecule has 0 fully saturated rings. The fourth-order valence-corrected chi connectivity index (χ4v) is 1.21. The summed E-state index contributed by atoms with van der Waals surface area (Å²) in [5.74, 6) is -1.65. The van der Waals surface area contributed by atoms with Gasteiger partial charge < -0.3 is 9.94 Å². The zero-order valence-corrected chi connectivity index (χ0v) is 9.49.